The summed E-state index contributed by atoms with van der Waals surface area (Å²) >= 11 is 0. The largest absolute Gasteiger partial charge is 0.382 e. The zero-order valence-corrected chi connectivity index (χ0v) is 9.60. The lowest BCUT2D eigenvalue weighted by Gasteiger charge is -2.19. The summed E-state index contributed by atoms with van der Waals surface area (Å²) in [6.45, 7) is 5.89. The van der Waals surface area contributed by atoms with Crippen molar-refractivity contribution in [2.75, 3.05) is 18.8 Å². The highest BCUT2D eigenvalue weighted by Gasteiger charge is 2.32. The molecule has 5 nitrogen and oxygen atoms in total. The molecule has 0 aromatic carbocycles. The second-order valence-electron chi connectivity index (χ2n) is 4.98. The topological polar surface area (TPSA) is 72.1 Å². The standard InChI is InChI=1S/C11H16N4O/c1-11(2)5-6-15(7-11)10(16)8-3-4-9(12)14-13-8/h3-4H,5-7H2,1-2H3,(H2,12,14). The molecule has 86 valence electrons. The third kappa shape index (κ3) is 2.13. The summed E-state index contributed by atoms with van der Waals surface area (Å²) in [6, 6.07) is 3.22. The molecule has 5 heteroatoms. The molecule has 1 aliphatic heterocycles. The number of aromatic nitrogens is 2. The Labute approximate surface area is 94.6 Å². The van der Waals surface area contributed by atoms with Crippen molar-refractivity contribution >= 4 is 11.7 Å². The number of rotatable bonds is 1. The van der Waals surface area contributed by atoms with Gasteiger partial charge in [-0.2, -0.15) is 0 Å². The lowest BCUT2D eigenvalue weighted by molar-refractivity contribution is 0.0771. The summed E-state index contributed by atoms with van der Waals surface area (Å²) in [5.74, 6) is 0.274. The molecule has 0 bridgehead atoms. The maximum Gasteiger partial charge on any atom is 0.274 e. The number of carbonyl (C=O) groups excluding carboxylic acids is 1. The fourth-order valence-electron chi connectivity index (χ4n) is 1.90. The van der Waals surface area contributed by atoms with Gasteiger partial charge in [0, 0.05) is 13.1 Å². The van der Waals surface area contributed by atoms with Gasteiger partial charge in [0.15, 0.2) is 5.69 Å². The monoisotopic (exact) mass is 220 g/mol. The fraction of sp³-hybridized carbons (Fsp3) is 0.545. The number of nitrogens with two attached hydrogens (primary N) is 1. The smallest absolute Gasteiger partial charge is 0.274 e. The van der Waals surface area contributed by atoms with Crippen LogP contribution in [0.1, 0.15) is 30.8 Å². The third-order valence-corrected chi connectivity index (χ3v) is 2.87. The first-order valence-corrected chi connectivity index (χ1v) is 5.36. The number of likely N-dealkylation sites (tertiary alicyclic amines) is 1. The van der Waals surface area contributed by atoms with Crippen LogP contribution in [0, 0.1) is 5.41 Å². The van der Waals surface area contributed by atoms with Crippen molar-refractivity contribution in [3.8, 4) is 0 Å². The third-order valence-electron chi connectivity index (χ3n) is 2.87. The van der Waals surface area contributed by atoms with Gasteiger partial charge in [-0.1, -0.05) is 13.8 Å². The van der Waals surface area contributed by atoms with Crippen LogP contribution in [0.2, 0.25) is 0 Å². The molecule has 16 heavy (non-hydrogen) atoms. The van der Waals surface area contributed by atoms with Crippen LogP contribution in [0.5, 0.6) is 0 Å². The summed E-state index contributed by atoms with van der Waals surface area (Å²) in [4.78, 5) is 13.8. The fourth-order valence-corrected chi connectivity index (χ4v) is 1.90. The maximum atomic E-state index is 12.0. The molecule has 0 spiro atoms. The van der Waals surface area contributed by atoms with Gasteiger partial charge in [0.05, 0.1) is 0 Å². The van der Waals surface area contributed by atoms with Crippen LogP contribution in [0.4, 0.5) is 5.82 Å². The van der Waals surface area contributed by atoms with Crippen molar-refractivity contribution in [2.45, 2.75) is 20.3 Å². The SMILES string of the molecule is CC1(C)CCN(C(=O)c2ccc(N)nn2)C1. The van der Waals surface area contributed by atoms with Crippen molar-refractivity contribution < 1.29 is 4.79 Å². The Kier molecular flexibility index (Phi) is 2.53. The molecule has 0 aliphatic carbocycles. The van der Waals surface area contributed by atoms with Gasteiger partial charge in [0.25, 0.3) is 5.91 Å². The first-order valence-electron chi connectivity index (χ1n) is 5.36. The van der Waals surface area contributed by atoms with E-state index in [2.05, 4.69) is 24.0 Å². The van der Waals surface area contributed by atoms with Crippen LogP contribution in [0.25, 0.3) is 0 Å². The average molecular weight is 220 g/mol. The molecule has 0 radical (unpaired) electrons. The molecule has 0 unspecified atom stereocenters. The molecule has 1 aromatic heterocycles. The normalized spacial score (nSPS) is 18.8. The Bertz CT molecular complexity index is 399. The zero-order chi connectivity index (χ0) is 11.8. The molecule has 2 N–H and O–H groups in total. The summed E-state index contributed by atoms with van der Waals surface area (Å²) in [5.41, 5.74) is 6.00. The number of amides is 1. The van der Waals surface area contributed by atoms with Gasteiger partial charge in [0.1, 0.15) is 5.82 Å². The minimum atomic E-state index is -0.0573. The zero-order valence-electron chi connectivity index (χ0n) is 9.60. The molecule has 1 aliphatic rings. The second kappa shape index (κ2) is 3.73. The highest BCUT2D eigenvalue weighted by atomic mass is 16.2. The Morgan fingerprint density at radius 2 is 2.19 bits per heavy atom. The van der Waals surface area contributed by atoms with Crippen LogP contribution in [-0.4, -0.2) is 34.1 Å². The number of carbonyl (C=O) groups is 1. The molecular formula is C11H16N4O. The molecule has 1 fully saturated rings. The highest BCUT2D eigenvalue weighted by molar-refractivity contribution is 5.92. The molecule has 0 atom stereocenters. The summed E-state index contributed by atoms with van der Waals surface area (Å²) in [5, 5.41) is 7.49. The van der Waals surface area contributed by atoms with Crippen molar-refractivity contribution in [1.29, 1.82) is 0 Å². The van der Waals surface area contributed by atoms with E-state index >= 15 is 0 Å². The van der Waals surface area contributed by atoms with Crippen molar-refractivity contribution in [3.05, 3.63) is 17.8 Å². The van der Waals surface area contributed by atoms with Gasteiger partial charge in [-0.3, -0.25) is 4.79 Å². The Hall–Kier alpha value is -1.65. The number of hydrogen-bond donors (Lipinski definition) is 1. The molecule has 1 aromatic rings. The summed E-state index contributed by atoms with van der Waals surface area (Å²) < 4.78 is 0. The van der Waals surface area contributed by atoms with E-state index in [0.29, 0.717) is 11.5 Å². The molecular weight excluding hydrogens is 204 g/mol. The predicted octanol–water partition coefficient (Wildman–Crippen LogP) is 0.931. The molecule has 2 heterocycles. The lowest BCUT2D eigenvalue weighted by Crippen LogP contribution is -2.31. The summed E-state index contributed by atoms with van der Waals surface area (Å²) in [7, 11) is 0. The molecule has 0 saturated carbocycles. The predicted molar refractivity (Wildman–Crippen MR) is 60.7 cm³/mol. The van der Waals surface area contributed by atoms with Gasteiger partial charge in [-0.15, -0.1) is 10.2 Å². The minimum Gasteiger partial charge on any atom is -0.382 e. The van der Waals surface area contributed by atoms with Crippen LogP contribution in [0.3, 0.4) is 0 Å². The molecule has 1 amide bonds. The second-order valence-corrected chi connectivity index (χ2v) is 4.98. The highest BCUT2D eigenvalue weighted by Crippen LogP contribution is 2.29. The Morgan fingerprint density at radius 3 is 2.69 bits per heavy atom. The quantitative estimate of drug-likeness (QED) is 0.764. The lowest BCUT2D eigenvalue weighted by atomic mass is 9.93. The molecule has 1 saturated heterocycles. The van der Waals surface area contributed by atoms with E-state index in [0.717, 1.165) is 19.5 Å². The van der Waals surface area contributed by atoms with Crippen LogP contribution < -0.4 is 5.73 Å². The van der Waals surface area contributed by atoms with Crippen molar-refractivity contribution in [2.24, 2.45) is 5.41 Å². The first-order chi connectivity index (χ1) is 7.48. The number of nitrogen functional groups attached to an aromatic ring is 1. The van der Waals surface area contributed by atoms with Crippen LogP contribution in [-0.2, 0) is 0 Å². The van der Waals surface area contributed by atoms with E-state index < -0.39 is 0 Å². The van der Waals surface area contributed by atoms with Crippen LogP contribution >= 0.6 is 0 Å². The number of anilines is 1. The van der Waals surface area contributed by atoms with Gasteiger partial charge in [0.2, 0.25) is 0 Å². The van der Waals surface area contributed by atoms with Crippen molar-refractivity contribution in [1.82, 2.24) is 15.1 Å². The maximum absolute atomic E-state index is 12.0. The van der Waals surface area contributed by atoms with E-state index in [9.17, 15) is 4.79 Å². The first kappa shape index (κ1) is 10.9. The minimum absolute atomic E-state index is 0.0573. The number of nitrogens with zero attached hydrogens (tertiary/aromatic N) is 3. The van der Waals surface area contributed by atoms with Gasteiger partial charge in [-0.05, 0) is 24.0 Å². The molecule has 2 rings (SSSR count). The van der Waals surface area contributed by atoms with E-state index in [1.165, 1.54) is 0 Å². The Morgan fingerprint density at radius 1 is 1.44 bits per heavy atom. The average Bonchev–Trinajstić information content (AvgIpc) is 2.59. The van der Waals surface area contributed by atoms with Crippen molar-refractivity contribution in [3.63, 3.8) is 0 Å². The Balaban J connectivity index is 2.12. The van der Waals surface area contributed by atoms with Gasteiger partial charge < -0.3 is 10.6 Å². The van der Waals surface area contributed by atoms with Gasteiger partial charge >= 0.3 is 0 Å². The van der Waals surface area contributed by atoms with E-state index in [1.54, 1.807) is 12.1 Å². The van der Waals surface area contributed by atoms with E-state index in [-0.39, 0.29) is 11.3 Å². The van der Waals surface area contributed by atoms with Gasteiger partial charge in [-0.25, -0.2) is 0 Å². The van der Waals surface area contributed by atoms with Crippen LogP contribution in [0.15, 0.2) is 12.1 Å². The summed E-state index contributed by atoms with van der Waals surface area (Å²) in [6.07, 6.45) is 1.03. The van der Waals surface area contributed by atoms with E-state index in [1.807, 2.05) is 4.90 Å². The number of hydrogen-bond acceptors (Lipinski definition) is 4. The van der Waals surface area contributed by atoms with E-state index in [4.69, 9.17) is 5.73 Å².